The highest BCUT2D eigenvalue weighted by molar-refractivity contribution is 6.07. The fourth-order valence-corrected chi connectivity index (χ4v) is 2.32. The molecule has 0 spiro atoms. The lowest BCUT2D eigenvalue weighted by atomic mass is 10.1. The van der Waals surface area contributed by atoms with E-state index in [1.54, 1.807) is 4.90 Å². The van der Waals surface area contributed by atoms with E-state index in [1.807, 2.05) is 48.5 Å². The van der Waals surface area contributed by atoms with Gasteiger partial charge in [-0.25, -0.2) is 0 Å². The van der Waals surface area contributed by atoms with Gasteiger partial charge in [0.15, 0.2) is 0 Å². The van der Waals surface area contributed by atoms with Crippen LogP contribution in [-0.2, 0) is 6.54 Å². The number of carbonyl (C=O) groups is 1. The number of benzene rings is 2. The van der Waals surface area contributed by atoms with Gasteiger partial charge < -0.3 is 15.4 Å². The van der Waals surface area contributed by atoms with Crippen LogP contribution in [0.5, 0.6) is 5.75 Å². The molecule has 2 aromatic rings. The van der Waals surface area contributed by atoms with Gasteiger partial charge in [-0.1, -0.05) is 24.3 Å². The smallest absolute Gasteiger partial charge is 0.258 e. The maximum Gasteiger partial charge on any atom is 0.258 e. The quantitative estimate of drug-likeness (QED) is 0.908. The highest BCUT2D eigenvalue weighted by atomic mass is 16.5. The summed E-state index contributed by atoms with van der Waals surface area (Å²) >= 11 is 0. The average molecular weight is 268 g/mol. The van der Waals surface area contributed by atoms with Crippen molar-refractivity contribution < 1.29 is 9.53 Å². The number of fused-ring (bicyclic) bond motifs is 1. The third-order valence-electron chi connectivity index (χ3n) is 3.41. The van der Waals surface area contributed by atoms with Gasteiger partial charge in [-0.2, -0.15) is 0 Å². The summed E-state index contributed by atoms with van der Waals surface area (Å²) in [4.78, 5) is 14.4. The highest BCUT2D eigenvalue weighted by Gasteiger charge is 2.24. The molecule has 0 unspecified atom stereocenters. The van der Waals surface area contributed by atoms with Crippen LogP contribution in [0.3, 0.4) is 0 Å². The van der Waals surface area contributed by atoms with E-state index in [4.69, 9.17) is 10.5 Å². The minimum Gasteiger partial charge on any atom is -0.490 e. The van der Waals surface area contributed by atoms with Gasteiger partial charge in [-0.05, 0) is 29.8 Å². The molecule has 3 rings (SSSR count). The first-order valence-corrected chi connectivity index (χ1v) is 6.62. The molecular formula is C16H16N2O2. The lowest BCUT2D eigenvalue weighted by Gasteiger charge is -2.29. The van der Waals surface area contributed by atoms with Crippen molar-refractivity contribution in [3.63, 3.8) is 0 Å². The molecule has 0 radical (unpaired) electrons. The molecular weight excluding hydrogens is 252 g/mol. The summed E-state index contributed by atoms with van der Waals surface area (Å²) in [5, 5.41) is 0. The number of ether oxygens (including phenoxy) is 1. The van der Waals surface area contributed by atoms with Crippen LogP contribution < -0.4 is 15.4 Å². The summed E-state index contributed by atoms with van der Waals surface area (Å²) in [7, 11) is 0. The van der Waals surface area contributed by atoms with Crippen LogP contribution in [0.15, 0.2) is 48.5 Å². The van der Waals surface area contributed by atoms with Crippen LogP contribution in [0.25, 0.3) is 0 Å². The van der Waals surface area contributed by atoms with Crippen molar-refractivity contribution in [2.24, 2.45) is 5.73 Å². The number of anilines is 1. The Morgan fingerprint density at radius 1 is 1.15 bits per heavy atom. The molecule has 0 saturated carbocycles. The molecule has 1 heterocycles. The standard InChI is InChI=1S/C16H16N2O2/c17-11-12-5-7-13(8-6-12)16(19)18-9-10-20-15-4-2-1-3-14(15)18/h1-8H,9-11,17H2. The Hall–Kier alpha value is -2.33. The lowest BCUT2D eigenvalue weighted by Crippen LogP contribution is -2.37. The van der Waals surface area contributed by atoms with Crippen molar-refractivity contribution in [2.75, 3.05) is 18.1 Å². The van der Waals surface area contributed by atoms with Crippen molar-refractivity contribution in [1.82, 2.24) is 0 Å². The zero-order valence-corrected chi connectivity index (χ0v) is 11.1. The van der Waals surface area contributed by atoms with Gasteiger partial charge in [0.05, 0.1) is 12.2 Å². The molecule has 0 fully saturated rings. The maximum atomic E-state index is 12.6. The molecule has 102 valence electrons. The van der Waals surface area contributed by atoms with Gasteiger partial charge in [0.1, 0.15) is 12.4 Å². The zero-order valence-electron chi connectivity index (χ0n) is 11.1. The molecule has 1 aliphatic heterocycles. The van der Waals surface area contributed by atoms with Gasteiger partial charge in [0, 0.05) is 12.1 Å². The Morgan fingerprint density at radius 3 is 2.65 bits per heavy atom. The number of hydrogen-bond acceptors (Lipinski definition) is 3. The third kappa shape index (κ3) is 2.26. The Bertz CT molecular complexity index is 623. The second-order valence-electron chi connectivity index (χ2n) is 4.67. The summed E-state index contributed by atoms with van der Waals surface area (Å²) in [6.07, 6.45) is 0. The number of para-hydroxylation sites is 2. The summed E-state index contributed by atoms with van der Waals surface area (Å²) in [6.45, 7) is 1.56. The molecule has 4 heteroatoms. The maximum absolute atomic E-state index is 12.6. The number of hydrogen-bond donors (Lipinski definition) is 1. The highest BCUT2D eigenvalue weighted by Crippen LogP contribution is 2.31. The van der Waals surface area contributed by atoms with E-state index in [9.17, 15) is 4.79 Å². The number of carbonyl (C=O) groups excluding carboxylic acids is 1. The molecule has 1 aliphatic rings. The van der Waals surface area contributed by atoms with Crippen molar-refractivity contribution in [3.8, 4) is 5.75 Å². The van der Waals surface area contributed by atoms with Crippen LogP contribution in [0, 0.1) is 0 Å². The summed E-state index contributed by atoms with van der Waals surface area (Å²) < 4.78 is 5.57. The van der Waals surface area contributed by atoms with Crippen LogP contribution in [0.4, 0.5) is 5.69 Å². The fourth-order valence-electron chi connectivity index (χ4n) is 2.32. The van der Waals surface area contributed by atoms with E-state index >= 15 is 0 Å². The molecule has 4 nitrogen and oxygen atoms in total. The summed E-state index contributed by atoms with van der Waals surface area (Å²) in [6, 6.07) is 15.0. The van der Waals surface area contributed by atoms with Crippen LogP contribution >= 0.6 is 0 Å². The molecule has 0 bridgehead atoms. The predicted octanol–water partition coefficient (Wildman–Crippen LogP) is 2.18. The Labute approximate surface area is 117 Å². The topological polar surface area (TPSA) is 55.6 Å². The molecule has 1 amide bonds. The van der Waals surface area contributed by atoms with E-state index in [0.29, 0.717) is 25.3 Å². The predicted molar refractivity (Wildman–Crippen MR) is 77.9 cm³/mol. The fraction of sp³-hybridized carbons (Fsp3) is 0.188. The SMILES string of the molecule is NCc1ccc(C(=O)N2CCOc3ccccc32)cc1. The van der Waals surface area contributed by atoms with E-state index < -0.39 is 0 Å². The van der Waals surface area contributed by atoms with Crippen LogP contribution in [0.2, 0.25) is 0 Å². The molecule has 2 N–H and O–H groups in total. The Morgan fingerprint density at radius 2 is 1.90 bits per heavy atom. The summed E-state index contributed by atoms with van der Waals surface area (Å²) in [5.41, 5.74) is 8.08. The average Bonchev–Trinajstić information content (AvgIpc) is 2.54. The second-order valence-corrected chi connectivity index (χ2v) is 4.67. The van der Waals surface area contributed by atoms with Crippen LogP contribution in [-0.4, -0.2) is 19.1 Å². The third-order valence-corrected chi connectivity index (χ3v) is 3.41. The van der Waals surface area contributed by atoms with Gasteiger partial charge >= 0.3 is 0 Å². The van der Waals surface area contributed by atoms with Crippen molar-refractivity contribution in [1.29, 1.82) is 0 Å². The van der Waals surface area contributed by atoms with Gasteiger partial charge in [0.2, 0.25) is 0 Å². The van der Waals surface area contributed by atoms with Crippen LogP contribution in [0.1, 0.15) is 15.9 Å². The number of nitrogens with two attached hydrogens (primary N) is 1. The summed E-state index contributed by atoms with van der Waals surface area (Å²) in [5.74, 6) is 0.745. The van der Waals surface area contributed by atoms with E-state index in [1.165, 1.54) is 0 Å². The second kappa shape index (κ2) is 5.35. The van der Waals surface area contributed by atoms with Crippen molar-refractivity contribution >= 4 is 11.6 Å². The Kier molecular flexibility index (Phi) is 3.39. The number of amides is 1. The molecule has 0 aromatic heterocycles. The van der Waals surface area contributed by atoms with Gasteiger partial charge in [0.25, 0.3) is 5.91 Å². The first kappa shape index (κ1) is 12.7. The molecule has 0 saturated heterocycles. The molecule has 0 aliphatic carbocycles. The number of rotatable bonds is 2. The molecule has 0 atom stereocenters. The minimum atomic E-state index is -0.00989. The lowest BCUT2D eigenvalue weighted by molar-refractivity contribution is 0.0976. The Balaban J connectivity index is 1.91. The molecule has 2 aromatic carbocycles. The van der Waals surface area contributed by atoms with Gasteiger partial charge in [-0.3, -0.25) is 4.79 Å². The van der Waals surface area contributed by atoms with E-state index in [0.717, 1.165) is 17.0 Å². The van der Waals surface area contributed by atoms with Gasteiger partial charge in [-0.15, -0.1) is 0 Å². The largest absolute Gasteiger partial charge is 0.490 e. The number of nitrogens with zero attached hydrogens (tertiary/aromatic N) is 1. The zero-order chi connectivity index (χ0) is 13.9. The first-order chi connectivity index (χ1) is 9.79. The van der Waals surface area contributed by atoms with E-state index in [-0.39, 0.29) is 5.91 Å². The molecule has 20 heavy (non-hydrogen) atoms. The monoisotopic (exact) mass is 268 g/mol. The first-order valence-electron chi connectivity index (χ1n) is 6.62. The normalized spacial score (nSPS) is 13.6. The van der Waals surface area contributed by atoms with E-state index in [2.05, 4.69) is 0 Å². The van der Waals surface area contributed by atoms with Crippen molar-refractivity contribution in [3.05, 3.63) is 59.7 Å². The minimum absolute atomic E-state index is 0.00989. The van der Waals surface area contributed by atoms with Crippen molar-refractivity contribution in [2.45, 2.75) is 6.54 Å².